The van der Waals surface area contributed by atoms with Crippen LogP contribution in [0, 0.1) is 10.1 Å². The fourth-order valence-corrected chi connectivity index (χ4v) is 2.98. The fraction of sp³-hybridized carbons (Fsp3) is 0.0476. The number of rotatable bonds is 5. The highest BCUT2D eigenvalue weighted by Gasteiger charge is 2.20. The zero-order valence-electron chi connectivity index (χ0n) is 15.3. The second-order valence-electron chi connectivity index (χ2n) is 6.12. The van der Waals surface area contributed by atoms with Gasteiger partial charge in [-0.05, 0) is 30.3 Å². The molecule has 0 aromatic heterocycles. The van der Waals surface area contributed by atoms with E-state index in [9.17, 15) is 19.7 Å². The summed E-state index contributed by atoms with van der Waals surface area (Å²) >= 11 is 6.03. The van der Waals surface area contributed by atoms with Crippen molar-refractivity contribution in [2.75, 3.05) is 17.3 Å². The molecule has 29 heavy (non-hydrogen) atoms. The lowest BCUT2D eigenvalue weighted by atomic mass is 10.1. The van der Waals surface area contributed by atoms with Crippen molar-refractivity contribution in [1.82, 2.24) is 0 Å². The average Bonchev–Trinajstić information content (AvgIpc) is 2.73. The number of amides is 2. The van der Waals surface area contributed by atoms with E-state index in [1.54, 1.807) is 43.4 Å². The molecule has 146 valence electrons. The molecular formula is C21H16ClN3O4. The Labute approximate surface area is 171 Å². The lowest BCUT2D eigenvalue weighted by Crippen LogP contribution is -2.27. The summed E-state index contributed by atoms with van der Waals surface area (Å²) < 4.78 is 0. The summed E-state index contributed by atoms with van der Waals surface area (Å²) in [7, 11) is 1.64. The van der Waals surface area contributed by atoms with E-state index in [1.165, 1.54) is 17.0 Å². The SMILES string of the molecule is CN(C(=O)c1ccccc1NC(=O)c1ccc([N+](=O)[O-])cc1Cl)c1ccccc1. The lowest BCUT2D eigenvalue weighted by molar-refractivity contribution is -0.384. The van der Waals surface area contributed by atoms with Gasteiger partial charge in [-0.25, -0.2) is 0 Å². The molecule has 3 rings (SSSR count). The van der Waals surface area contributed by atoms with Crippen LogP contribution >= 0.6 is 11.6 Å². The molecule has 0 atom stereocenters. The molecule has 0 aliphatic carbocycles. The van der Waals surface area contributed by atoms with Gasteiger partial charge in [0.05, 0.1) is 26.8 Å². The third kappa shape index (κ3) is 4.41. The van der Waals surface area contributed by atoms with Crippen LogP contribution in [-0.2, 0) is 0 Å². The quantitative estimate of drug-likeness (QED) is 0.485. The van der Waals surface area contributed by atoms with E-state index < -0.39 is 10.8 Å². The summed E-state index contributed by atoms with van der Waals surface area (Å²) in [6.45, 7) is 0. The highest BCUT2D eigenvalue weighted by molar-refractivity contribution is 6.34. The van der Waals surface area contributed by atoms with Gasteiger partial charge in [-0.2, -0.15) is 0 Å². The van der Waals surface area contributed by atoms with Crippen LogP contribution in [0.4, 0.5) is 17.1 Å². The average molecular weight is 410 g/mol. The molecule has 3 aromatic rings. The molecule has 0 aliphatic rings. The highest BCUT2D eigenvalue weighted by atomic mass is 35.5. The third-order valence-electron chi connectivity index (χ3n) is 4.26. The maximum atomic E-state index is 12.9. The Hall–Kier alpha value is -3.71. The summed E-state index contributed by atoms with van der Waals surface area (Å²) in [4.78, 5) is 37.3. The van der Waals surface area contributed by atoms with E-state index in [1.807, 2.05) is 18.2 Å². The molecule has 0 heterocycles. The summed E-state index contributed by atoms with van der Waals surface area (Å²) in [5.41, 5.74) is 1.16. The van der Waals surface area contributed by atoms with Gasteiger partial charge in [0.2, 0.25) is 0 Å². The van der Waals surface area contributed by atoms with E-state index in [4.69, 9.17) is 11.6 Å². The number of hydrogen-bond acceptors (Lipinski definition) is 4. The van der Waals surface area contributed by atoms with Gasteiger partial charge < -0.3 is 10.2 Å². The number of halogens is 1. The number of carbonyl (C=O) groups is 2. The van der Waals surface area contributed by atoms with Crippen molar-refractivity contribution in [1.29, 1.82) is 0 Å². The minimum Gasteiger partial charge on any atom is -0.321 e. The summed E-state index contributed by atoms with van der Waals surface area (Å²) in [5, 5.41) is 13.4. The number of para-hydroxylation sites is 2. The zero-order chi connectivity index (χ0) is 21.0. The molecule has 8 heteroatoms. The third-order valence-corrected chi connectivity index (χ3v) is 4.57. The van der Waals surface area contributed by atoms with Gasteiger partial charge >= 0.3 is 0 Å². The van der Waals surface area contributed by atoms with Crippen LogP contribution in [0.1, 0.15) is 20.7 Å². The first-order valence-corrected chi connectivity index (χ1v) is 8.93. The number of non-ortho nitro benzene ring substituents is 1. The summed E-state index contributed by atoms with van der Waals surface area (Å²) in [5.74, 6) is -0.880. The minimum atomic E-state index is -0.596. The molecule has 0 saturated carbocycles. The van der Waals surface area contributed by atoms with Crippen molar-refractivity contribution >= 4 is 40.5 Å². The van der Waals surface area contributed by atoms with Crippen LogP contribution in [0.2, 0.25) is 5.02 Å². The number of nitro benzene ring substituents is 1. The van der Waals surface area contributed by atoms with Gasteiger partial charge in [-0.15, -0.1) is 0 Å². The van der Waals surface area contributed by atoms with E-state index in [0.29, 0.717) is 16.9 Å². The number of anilines is 2. The normalized spacial score (nSPS) is 10.3. The van der Waals surface area contributed by atoms with Gasteiger partial charge in [0, 0.05) is 24.9 Å². The summed E-state index contributed by atoms with van der Waals surface area (Å²) in [6, 6.07) is 19.3. The second-order valence-corrected chi connectivity index (χ2v) is 6.53. The Balaban J connectivity index is 1.87. The zero-order valence-corrected chi connectivity index (χ0v) is 16.1. The van der Waals surface area contributed by atoms with Gasteiger partial charge in [-0.1, -0.05) is 41.9 Å². The van der Waals surface area contributed by atoms with Crippen molar-refractivity contribution in [3.8, 4) is 0 Å². The maximum Gasteiger partial charge on any atom is 0.270 e. The highest BCUT2D eigenvalue weighted by Crippen LogP contribution is 2.25. The van der Waals surface area contributed by atoms with Crippen LogP contribution in [-0.4, -0.2) is 23.8 Å². The predicted molar refractivity (Wildman–Crippen MR) is 112 cm³/mol. The number of nitrogens with one attached hydrogen (secondary N) is 1. The molecule has 0 unspecified atom stereocenters. The van der Waals surface area contributed by atoms with E-state index in [2.05, 4.69) is 5.32 Å². The molecule has 2 amide bonds. The number of hydrogen-bond donors (Lipinski definition) is 1. The Morgan fingerprint density at radius 3 is 2.28 bits per heavy atom. The predicted octanol–water partition coefficient (Wildman–Crippen LogP) is 4.78. The Morgan fingerprint density at radius 1 is 0.966 bits per heavy atom. The van der Waals surface area contributed by atoms with Crippen molar-refractivity contribution in [2.24, 2.45) is 0 Å². The largest absolute Gasteiger partial charge is 0.321 e. The summed E-state index contributed by atoms with van der Waals surface area (Å²) in [6.07, 6.45) is 0. The Morgan fingerprint density at radius 2 is 1.62 bits per heavy atom. The molecule has 0 spiro atoms. The van der Waals surface area contributed by atoms with E-state index in [-0.39, 0.29) is 22.2 Å². The molecule has 0 bridgehead atoms. The van der Waals surface area contributed by atoms with Crippen LogP contribution in [0.5, 0.6) is 0 Å². The molecule has 0 aliphatic heterocycles. The molecule has 1 N–H and O–H groups in total. The van der Waals surface area contributed by atoms with E-state index >= 15 is 0 Å². The smallest absolute Gasteiger partial charge is 0.270 e. The topological polar surface area (TPSA) is 92.6 Å². The molecular weight excluding hydrogens is 394 g/mol. The molecule has 0 saturated heterocycles. The Kier molecular flexibility index (Phi) is 5.90. The van der Waals surface area contributed by atoms with Crippen LogP contribution < -0.4 is 10.2 Å². The van der Waals surface area contributed by atoms with Crippen LogP contribution in [0.15, 0.2) is 72.8 Å². The standard InChI is InChI=1S/C21H16ClN3O4/c1-24(14-7-3-2-4-8-14)21(27)17-9-5-6-10-19(17)23-20(26)16-12-11-15(25(28)29)13-18(16)22/h2-13H,1H3,(H,23,26). The van der Waals surface area contributed by atoms with Gasteiger partial charge in [0.15, 0.2) is 0 Å². The van der Waals surface area contributed by atoms with Gasteiger partial charge in [0.1, 0.15) is 0 Å². The molecule has 7 nitrogen and oxygen atoms in total. The van der Waals surface area contributed by atoms with Gasteiger partial charge in [-0.3, -0.25) is 19.7 Å². The molecule has 0 radical (unpaired) electrons. The monoisotopic (exact) mass is 409 g/mol. The molecule has 0 fully saturated rings. The Bertz CT molecular complexity index is 1090. The van der Waals surface area contributed by atoms with E-state index in [0.717, 1.165) is 6.07 Å². The molecule has 3 aromatic carbocycles. The van der Waals surface area contributed by atoms with Gasteiger partial charge in [0.25, 0.3) is 17.5 Å². The van der Waals surface area contributed by atoms with Crippen molar-refractivity contribution in [2.45, 2.75) is 0 Å². The number of benzene rings is 3. The lowest BCUT2D eigenvalue weighted by Gasteiger charge is -2.19. The second kappa shape index (κ2) is 8.53. The van der Waals surface area contributed by atoms with Crippen molar-refractivity contribution in [3.63, 3.8) is 0 Å². The first kappa shape index (κ1) is 20.0. The fourth-order valence-electron chi connectivity index (χ4n) is 2.72. The number of nitrogens with zero attached hydrogens (tertiary/aromatic N) is 2. The number of carbonyl (C=O) groups excluding carboxylic acids is 2. The van der Waals surface area contributed by atoms with Crippen molar-refractivity contribution in [3.05, 3.63) is 99.1 Å². The maximum absolute atomic E-state index is 12.9. The first-order chi connectivity index (χ1) is 13.9. The minimum absolute atomic E-state index is 0.0538. The number of nitro groups is 1. The van der Waals surface area contributed by atoms with Crippen molar-refractivity contribution < 1.29 is 14.5 Å². The van der Waals surface area contributed by atoms with Crippen LogP contribution in [0.3, 0.4) is 0 Å². The van der Waals surface area contributed by atoms with Crippen LogP contribution in [0.25, 0.3) is 0 Å². The first-order valence-electron chi connectivity index (χ1n) is 8.56.